The second-order valence-corrected chi connectivity index (χ2v) is 6.41. The van der Waals surface area contributed by atoms with Crippen molar-refractivity contribution < 1.29 is 9.53 Å². The van der Waals surface area contributed by atoms with Crippen LogP contribution in [-0.4, -0.2) is 31.4 Å². The molecule has 0 bridgehead atoms. The number of nitrogens with zero attached hydrogens (tertiary/aromatic N) is 1. The molecule has 2 rings (SSSR count). The molecule has 1 aromatic heterocycles. The smallest absolute Gasteiger partial charge is 0.176 e. The number of hydrogen-bond donors (Lipinski definition) is 0. The van der Waals surface area contributed by atoms with E-state index < -0.39 is 0 Å². The molecule has 1 aromatic carbocycles. The molecule has 5 heteroatoms. The highest BCUT2D eigenvalue weighted by molar-refractivity contribution is 9.10. The minimum atomic E-state index is 0.104. The first-order chi connectivity index (χ1) is 9.60. The Balaban J connectivity index is 1.99. The number of carbonyl (C=O) groups excluding carboxylic acids is 1. The highest BCUT2D eigenvalue weighted by atomic mass is 79.9. The number of thiophene rings is 1. The number of rotatable bonds is 6. The molecule has 20 heavy (non-hydrogen) atoms. The number of halogens is 1. The van der Waals surface area contributed by atoms with Crippen LogP contribution in [0.4, 0.5) is 0 Å². The van der Waals surface area contributed by atoms with Gasteiger partial charge in [-0.25, -0.2) is 0 Å². The van der Waals surface area contributed by atoms with E-state index in [0.29, 0.717) is 12.1 Å². The van der Waals surface area contributed by atoms with Crippen molar-refractivity contribution in [3.8, 4) is 5.75 Å². The molecule has 1 heterocycles. The molecular weight excluding hydrogens is 338 g/mol. The van der Waals surface area contributed by atoms with E-state index in [-0.39, 0.29) is 5.78 Å². The van der Waals surface area contributed by atoms with Gasteiger partial charge in [0.1, 0.15) is 5.75 Å². The first-order valence-corrected chi connectivity index (χ1v) is 7.85. The summed E-state index contributed by atoms with van der Waals surface area (Å²) in [5.41, 5.74) is 0.690. The van der Waals surface area contributed by atoms with Crippen LogP contribution in [0.15, 0.2) is 40.2 Å². The average Bonchev–Trinajstić information content (AvgIpc) is 2.91. The van der Waals surface area contributed by atoms with Gasteiger partial charge in [-0.3, -0.25) is 9.69 Å². The summed E-state index contributed by atoms with van der Waals surface area (Å²) >= 11 is 5.11. The maximum Gasteiger partial charge on any atom is 0.176 e. The Kier molecular flexibility index (Phi) is 5.34. The zero-order chi connectivity index (χ0) is 14.5. The van der Waals surface area contributed by atoms with E-state index in [1.807, 2.05) is 23.4 Å². The van der Waals surface area contributed by atoms with Crippen LogP contribution in [0.5, 0.6) is 5.75 Å². The van der Waals surface area contributed by atoms with E-state index in [1.165, 1.54) is 4.88 Å². The topological polar surface area (TPSA) is 29.5 Å². The van der Waals surface area contributed by atoms with Gasteiger partial charge >= 0.3 is 0 Å². The molecule has 0 aliphatic rings. The summed E-state index contributed by atoms with van der Waals surface area (Å²) in [6.45, 7) is 1.19. The van der Waals surface area contributed by atoms with Crippen molar-refractivity contribution in [2.24, 2.45) is 0 Å². The second-order valence-electron chi connectivity index (χ2n) is 4.52. The average molecular weight is 354 g/mol. The highest BCUT2D eigenvalue weighted by Gasteiger charge is 2.12. The minimum Gasteiger partial charge on any atom is -0.496 e. The number of methoxy groups -OCH3 is 1. The summed E-state index contributed by atoms with van der Waals surface area (Å²) in [7, 11) is 3.56. The number of ketones is 1. The van der Waals surface area contributed by atoms with Gasteiger partial charge in [-0.05, 0) is 52.6 Å². The normalized spacial score (nSPS) is 10.8. The first-order valence-electron chi connectivity index (χ1n) is 6.18. The van der Waals surface area contributed by atoms with Gasteiger partial charge in [-0.2, -0.15) is 0 Å². The monoisotopic (exact) mass is 353 g/mol. The SMILES string of the molecule is COc1ccc(C(=O)CN(C)Cc2cccs2)cc1Br. The lowest BCUT2D eigenvalue weighted by Crippen LogP contribution is -2.25. The van der Waals surface area contributed by atoms with Gasteiger partial charge < -0.3 is 4.74 Å². The summed E-state index contributed by atoms with van der Waals surface area (Å²) in [5.74, 6) is 0.834. The molecular formula is C15H16BrNO2S. The Labute approximate surface area is 131 Å². The van der Waals surface area contributed by atoms with Gasteiger partial charge in [-0.15, -0.1) is 11.3 Å². The molecule has 0 aliphatic heterocycles. The van der Waals surface area contributed by atoms with Crippen molar-refractivity contribution >= 4 is 33.0 Å². The summed E-state index contributed by atoms with van der Waals surface area (Å²) in [4.78, 5) is 15.5. The van der Waals surface area contributed by atoms with Crippen LogP contribution in [0.1, 0.15) is 15.2 Å². The molecule has 0 N–H and O–H groups in total. The lowest BCUT2D eigenvalue weighted by atomic mass is 10.1. The lowest BCUT2D eigenvalue weighted by molar-refractivity contribution is 0.0943. The van der Waals surface area contributed by atoms with Crippen LogP contribution in [0.25, 0.3) is 0 Å². The summed E-state index contributed by atoms with van der Waals surface area (Å²) in [5, 5.41) is 2.05. The zero-order valence-electron chi connectivity index (χ0n) is 11.4. The minimum absolute atomic E-state index is 0.104. The third-order valence-corrected chi connectivity index (χ3v) is 4.37. The van der Waals surface area contributed by atoms with Crippen LogP contribution < -0.4 is 4.74 Å². The Morgan fingerprint density at radius 2 is 2.20 bits per heavy atom. The molecule has 0 fully saturated rings. The molecule has 106 valence electrons. The van der Waals surface area contributed by atoms with Crippen LogP contribution >= 0.6 is 27.3 Å². The fourth-order valence-electron chi connectivity index (χ4n) is 1.90. The van der Waals surface area contributed by atoms with E-state index in [9.17, 15) is 4.79 Å². The Morgan fingerprint density at radius 3 is 2.80 bits per heavy atom. The summed E-state index contributed by atoms with van der Waals surface area (Å²) in [6, 6.07) is 9.51. The van der Waals surface area contributed by atoms with E-state index in [4.69, 9.17) is 4.74 Å². The van der Waals surface area contributed by atoms with Gasteiger partial charge in [0, 0.05) is 17.0 Å². The first kappa shape index (κ1) is 15.2. The predicted molar refractivity (Wildman–Crippen MR) is 85.7 cm³/mol. The maximum atomic E-state index is 12.2. The summed E-state index contributed by atoms with van der Waals surface area (Å²) < 4.78 is 5.96. The quantitative estimate of drug-likeness (QED) is 0.739. The van der Waals surface area contributed by atoms with E-state index in [0.717, 1.165) is 16.8 Å². The number of hydrogen-bond acceptors (Lipinski definition) is 4. The van der Waals surface area contributed by atoms with Gasteiger partial charge in [0.15, 0.2) is 5.78 Å². The molecule has 0 unspecified atom stereocenters. The van der Waals surface area contributed by atoms with Crippen molar-refractivity contribution in [2.75, 3.05) is 20.7 Å². The third kappa shape index (κ3) is 3.91. The highest BCUT2D eigenvalue weighted by Crippen LogP contribution is 2.25. The van der Waals surface area contributed by atoms with Crippen LogP contribution in [-0.2, 0) is 6.54 Å². The second kappa shape index (κ2) is 7.02. The van der Waals surface area contributed by atoms with Crippen LogP contribution in [0.3, 0.4) is 0 Å². The van der Waals surface area contributed by atoms with Crippen molar-refractivity contribution in [1.29, 1.82) is 0 Å². The van der Waals surface area contributed by atoms with Gasteiger partial charge in [0.25, 0.3) is 0 Å². The van der Waals surface area contributed by atoms with Crippen LogP contribution in [0, 0.1) is 0 Å². The van der Waals surface area contributed by atoms with Crippen LogP contribution in [0.2, 0.25) is 0 Å². The fourth-order valence-corrected chi connectivity index (χ4v) is 3.23. The lowest BCUT2D eigenvalue weighted by Gasteiger charge is -2.15. The van der Waals surface area contributed by atoms with E-state index in [2.05, 4.69) is 22.0 Å². The van der Waals surface area contributed by atoms with Gasteiger partial charge in [0.05, 0.1) is 18.1 Å². The largest absolute Gasteiger partial charge is 0.496 e. The van der Waals surface area contributed by atoms with Crippen molar-refractivity contribution in [2.45, 2.75) is 6.54 Å². The third-order valence-electron chi connectivity index (χ3n) is 2.89. The van der Waals surface area contributed by atoms with E-state index in [1.54, 1.807) is 36.6 Å². The van der Waals surface area contributed by atoms with Crippen molar-refractivity contribution in [3.05, 3.63) is 50.6 Å². The molecule has 3 nitrogen and oxygen atoms in total. The van der Waals surface area contributed by atoms with E-state index >= 15 is 0 Å². The number of benzene rings is 1. The fraction of sp³-hybridized carbons (Fsp3) is 0.267. The maximum absolute atomic E-state index is 12.2. The molecule has 0 saturated carbocycles. The van der Waals surface area contributed by atoms with Crippen molar-refractivity contribution in [1.82, 2.24) is 4.90 Å². The van der Waals surface area contributed by atoms with Gasteiger partial charge in [0.2, 0.25) is 0 Å². The molecule has 0 amide bonds. The Bertz CT molecular complexity index is 584. The molecule has 0 spiro atoms. The number of carbonyl (C=O) groups is 1. The van der Waals surface area contributed by atoms with Crippen molar-refractivity contribution in [3.63, 3.8) is 0 Å². The molecule has 0 saturated heterocycles. The molecule has 0 radical (unpaired) electrons. The Hall–Kier alpha value is -1.17. The summed E-state index contributed by atoms with van der Waals surface area (Å²) in [6.07, 6.45) is 0. The molecule has 2 aromatic rings. The number of likely N-dealkylation sites (N-methyl/N-ethyl adjacent to an activating group) is 1. The zero-order valence-corrected chi connectivity index (χ0v) is 13.8. The molecule has 0 atom stereocenters. The predicted octanol–water partition coefficient (Wildman–Crippen LogP) is 3.83. The Morgan fingerprint density at radius 1 is 1.40 bits per heavy atom. The molecule has 0 aliphatic carbocycles. The number of Topliss-reactive ketones (excluding diaryl/α,β-unsaturated/α-hetero) is 1. The standard InChI is InChI=1S/C15H16BrNO2S/c1-17(9-12-4-3-7-20-12)10-14(18)11-5-6-15(19-2)13(16)8-11/h3-8H,9-10H2,1-2H3. The van der Waals surface area contributed by atoms with Gasteiger partial charge in [-0.1, -0.05) is 6.07 Å². The number of ether oxygens (including phenoxy) is 1.